The van der Waals surface area contributed by atoms with Crippen molar-refractivity contribution in [3.05, 3.63) is 48.0 Å². The molecule has 0 fully saturated rings. The number of Topliss-reactive ketones (excluding diaryl/α,β-unsaturated/α-hetero) is 1. The molecule has 0 radical (unpaired) electrons. The first kappa shape index (κ1) is 14.7. The van der Waals surface area contributed by atoms with Crippen LogP contribution in [0.15, 0.2) is 42.5 Å². The van der Waals surface area contributed by atoms with Crippen LogP contribution in [-0.2, 0) is 0 Å². The molecule has 0 saturated carbocycles. The van der Waals surface area contributed by atoms with Gasteiger partial charge in [-0.1, -0.05) is 6.07 Å². The fourth-order valence-electron chi connectivity index (χ4n) is 1.86. The van der Waals surface area contributed by atoms with E-state index in [1.807, 2.05) is 0 Å². The molecule has 0 spiro atoms. The monoisotopic (exact) mass is 287 g/mol. The lowest BCUT2D eigenvalue weighted by atomic mass is 10.1. The molecule has 2 rings (SSSR count). The normalized spacial score (nSPS) is 10.0. The van der Waals surface area contributed by atoms with Gasteiger partial charge in [-0.15, -0.1) is 0 Å². The lowest BCUT2D eigenvalue weighted by molar-refractivity contribution is 0.0918. The zero-order valence-corrected chi connectivity index (χ0v) is 12.0. The minimum absolute atomic E-state index is 0.104. The molecule has 2 aromatic carbocycles. The van der Waals surface area contributed by atoms with E-state index in [-0.39, 0.29) is 12.4 Å². The molecule has 0 aliphatic rings. The van der Waals surface area contributed by atoms with Gasteiger partial charge in [-0.05, 0) is 30.3 Å². The number of ether oxygens (including phenoxy) is 3. The van der Waals surface area contributed by atoms with Gasteiger partial charge in [0.05, 0.1) is 19.8 Å². The van der Waals surface area contributed by atoms with Gasteiger partial charge < -0.3 is 19.9 Å². The van der Waals surface area contributed by atoms with Gasteiger partial charge in [-0.25, -0.2) is 0 Å². The Labute approximate surface area is 123 Å². The number of methoxy groups -OCH3 is 2. The Kier molecular flexibility index (Phi) is 4.66. The standard InChI is InChI=1S/C16H17NO4/c1-19-12-6-7-16(20-2)14(9-12)15(18)10-21-13-5-3-4-11(17)8-13/h3-9H,10,17H2,1-2H3. The molecule has 110 valence electrons. The van der Waals surface area contributed by atoms with E-state index in [2.05, 4.69) is 0 Å². The number of ketones is 1. The summed E-state index contributed by atoms with van der Waals surface area (Å²) < 4.78 is 15.8. The van der Waals surface area contributed by atoms with Crippen molar-refractivity contribution in [3.63, 3.8) is 0 Å². The molecule has 2 aromatic rings. The highest BCUT2D eigenvalue weighted by molar-refractivity contribution is 6.00. The lowest BCUT2D eigenvalue weighted by Crippen LogP contribution is -2.13. The molecule has 0 saturated heterocycles. The van der Waals surface area contributed by atoms with Gasteiger partial charge in [0.15, 0.2) is 6.61 Å². The highest BCUT2D eigenvalue weighted by atomic mass is 16.5. The van der Waals surface area contributed by atoms with E-state index in [4.69, 9.17) is 19.9 Å². The predicted octanol–water partition coefficient (Wildman–Crippen LogP) is 2.55. The first-order valence-corrected chi connectivity index (χ1v) is 6.37. The Hall–Kier alpha value is -2.69. The molecule has 0 aliphatic heterocycles. The van der Waals surface area contributed by atoms with Crippen molar-refractivity contribution in [2.45, 2.75) is 0 Å². The topological polar surface area (TPSA) is 70.8 Å². The summed E-state index contributed by atoms with van der Waals surface area (Å²) in [4.78, 5) is 12.3. The SMILES string of the molecule is COc1ccc(OC)c(C(=O)COc2cccc(N)c2)c1. The first-order valence-electron chi connectivity index (χ1n) is 6.37. The Bertz CT molecular complexity index is 640. The van der Waals surface area contributed by atoms with E-state index >= 15 is 0 Å². The van der Waals surface area contributed by atoms with Gasteiger partial charge in [0.1, 0.15) is 17.2 Å². The summed E-state index contributed by atoms with van der Waals surface area (Å²) in [6.45, 7) is -0.104. The van der Waals surface area contributed by atoms with Crippen molar-refractivity contribution < 1.29 is 19.0 Å². The third-order valence-electron chi connectivity index (χ3n) is 2.94. The molecule has 21 heavy (non-hydrogen) atoms. The average molecular weight is 287 g/mol. The molecule has 0 heterocycles. The number of nitrogens with two attached hydrogens (primary N) is 1. The largest absolute Gasteiger partial charge is 0.497 e. The summed E-state index contributed by atoms with van der Waals surface area (Å²) in [7, 11) is 3.05. The van der Waals surface area contributed by atoms with Crippen LogP contribution in [-0.4, -0.2) is 26.6 Å². The number of hydrogen-bond acceptors (Lipinski definition) is 5. The third-order valence-corrected chi connectivity index (χ3v) is 2.94. The van der Waals surface area contributed by atoms with E-state index in [9.17, 15) is 4.79 Å². The van der Waals surface area contributed by atoms with Gasteiger partial charge in [0.25, 0.3) is 0 Å². The van der Waals surface area contributed by atoms with E-state index in [1.165, 1.54) is 7.11 Å². The number of nitrogen functional groups attached to an aromatic ring is 1. The van der Waals surface area contributed by atoms with Gasteiger partial charge in [0, 0.05) is 11.8 Å². The second kappa shape index (κ2) is 6.65. The van der Waals surface area contributed by atoms with Crippen LogP contribution < -0.4 is 19.9 Å². The van der Waals surface area contributed by atoms with Crippen molar-refractivity contribution in [3.8, 4) is 17.2 Å². The van der Waals surface area contributed by atoms with Gasteiger partial charge in [-0.3, -0.25) is 4.79 Å². The fourth-order valence-corrected chi connectivity index (χ4v) is 1.86. The van der Waals surface area contributed by atoms with Gasteiger partial charge in [-0.2, -0.15) is 0 Å². The smallest absolute Gasteiger partial charge is 0.204 e. The van der Waals surface area contributed by atoms with Crippen molar-refractivity contribution >= 4 is 11.5 Å². The minimum atomic E-state index is -0.201. The van der Waals surface area contributed by atoms with E-state index in [0.29, 0.717) is 28.5 Å². The Balaban J connectivity index is 2.12. The Morgan fingerprint density at radius 1 is 1.05 bits per heavy atom. The van der Waals surface area contributed by atoms with Crippen LogP contribution >= 0.6 is 0 Å². The summed E-state index contributed by atoms with van der Waals surface area (Å²) >= 11 is 0. The maximum Gasteiger partial charge on any atom is 0.204 e. The number of rotatable bonds is 6. The second-order valence-electron chi connectivity index (χ2n) is 4.35. The van der Waals surface area contributed by atoms with Crippen molar-refractivity contribution in [1.29, 1.82) is 0 Å². The third kappa shape index (κ3) is 3.66. The summed E-state index contributed by atoms with van der Waals surface area (Å²) in [6.07, 6.45) is 0. The molecule has 0 aliphatic carbocycles. The predicted molar refractivity (Wildman–Crippen MR) is 80.2 cm³/mol. The van der Waals surface area contributed by atoms with Crippen molar-refractivity contribution in [1.82, 2.24) is 0 Å². The summed E-state index contributed by atoms with van der Waals surface area (Å²) in [5, 5.41) is 0. The zero-order chi connectivity index (χ0) is 15.2. The molecule has 5 heteroatoms. The number of benzene rings is 2. The number of carbonyl (C=O) groups excluding carboxylic acids is 1. The van der Waals surface area contributed by atoms with E-state index < -0.39 is 0 Å². The molecule has 0 unspecified atom stereocenters. The highest BCUT2D eigenvalue weighted by Crippen LogP contribution is 2.24. The van der Waals surface area contributed by atoms with E-state index in [0.717, 1.165) is 0 Å². The quantitative estimate of drug-likeness (QED) is 0.653. The summed E-state index contributed by atoms with van der Waals surface area (Å²) in [6, 6.07) is 12.0. The van der Waals surface area contributed by atoms with Crippen molar-refractivity contribution in [2.24, 2.45) is 0 Å². The maximum atomic E-state index is 12.3. The molecular formula is C16H17NO4. The minimum Gasteiger partial charge on any atom is -0.497 e. The average Bonchev–Trinajstić information content (AvgIpc) is 2.52. The Morgan fingerprint density at radius 2 is 1.86 bits per heavy atom. The second-order valence-corrected chi connectivity index (χ2v) is 4.35. The molecule has 0 bridgehead atoms. The molecular weight excluding hydrogens is 270 g/mol. The number of hydrogen-bond donors (Lipinski definition) is 1. The van der Waals surface area contributed by atoms with E-state index in [1.54, 1.807) is 49.6 Å². The lowest BCUT2D eigenvalue weighted by Gasteiger charge is -2.10. The molecule has 0 atom stereocenters. The molecule has 2 N–H and O–H groups in total. The Morgan fingerprint density at radius 3 is 2.52 bits per heavy atom. The van der Waals surface area contributed by atoms with Gasteiger partial charge in [0.2, 0.25) is 5.78 Å². The molecule has 5 nitrogen and oxygen atoms in total. The molecule has 0 amide bonds. The van der Waals surface area contributed by atoms with Gasteiger partial charge >= 0.3 is 0 Å². The van der Waals surface area contributed by atoms with Crippen LogP contribution in [0.5, 0.6) is 17.2 Å². The number of anilines is 1. The van der Waals surface area contributed by atoms with Crippen LogP contribution in [0.4, 0.5) is 5.69 Å². The highest BCUT2D eigenvalue weighted by Gasteiger charge is 2.14. The summed E-state index contributed by atoms with van der Waals surface area (Å²) in [5.41, 5.74) is 6.66. The molecule has 0 aromatic heterocycles. The van der Waals surface area contributed by atoms with Crippen LogP contribution in [0.25, 0.3) is 0 Å². The fraction of sp³-hybridized carbons (Fsp3) is 0.188. The van der Waals surface area contributed by atoms with Crippen LogP contribution in [0.1, 0.15) is 10.4 Å². The maximum absolute atomic E-state index is 12.3. The van der Waals surface area contributed by atoms with Crippen LogP contribution in [0, 0.1) is 0 Å². The van der Waals surface area contributed by atoms with Crippen molar-refractivity contribution in [2.75, 3.05) is 26.6 Å². The number of carbonyl (C=O) groups is 1. The van der Waals surface area contributed by atoms with Crippen LogP contribution in [0.3, 0.4) is 0 Å². The summed E-state index contributed by atoms with van der Waals surface area (Å²) in [5.74, 6) is 1.42. The van der Waals surface area contributed by atoms with Crippen LogP contribution in [0.2, 0.25) is 0 Å². The first-order chi connectivity index (χ1) is 10.1. The zero-order valence-electron chi connectivity index (χ0n) is 12.0.